The monoisotopic (exact) mass is 341 g/mol. The molecule has 3 atom stereocenters. The van der Waals surface area contributed by atoms with Crippen LogP contribution < -0.4 is 5.73 Å². The molecule has 2 N–H and O–H groups in total. The minimum Gasteiger partial charge on any atom is -0.328 e. The van der Waals surface area contributed by atoms with Crippen molar-refractivity contribution in [3.8, 4) is 0 Å². The first-order valence-corrected chi connectivity index (χ1v) is 8.92. The zero-order chi connectivity index (χ0) is 13.8. The quantitative estimate of drug-likeness (QED) is 0.832. The second kappa shape index (κ2) is 7.14. The molecule has 0 aliphatic heterocycles. The van der Waals surface area contributed by atoms with Crippen molar-refractivity contribution in [2.24, 2.45) is 11.7 Å². The van der Waals surface area contributed by atoms with E-state index in [4.69, 9.17) is 5.73 Å². The van der Waals surface area contributed by atoms with Crippen molar-refractivity contribution in [3.05, 3.63) is 28.2 Å². The van der Waals surface area contributed by atoms with Crippen LogP contribution in [0.5, 0.6) is 0 Å². The molecule has 0 saturated heterocycles. The first-order valence-electron chi connectivity index (χ1n) is 7.25. The Morgan fingerprint density at radius 1 is 1.42 bits per heavy atom. The summed E-state index contributed by atoms with van der Waals surface area (Å²) in [6.07, 6.45) is 6.47. The van der Waals surface area contributed by atoms with Gasteiger partial charge in [-0.1, -0.05) is 41.8 Å². The summed E-state index contributed by atoms with van der Waals surface area (Å²) in [5.74, 6) is 0.895. The van der Waals surface area contributed by atoms with Crippen LogP contribution in [0.3, 0.4) is 0 Å². The maximum absolute atomic E-state index is 5.87. The van der Waals surface area contributed by atoms with Crippen LogP contribution in [0.25, 0.3) is 0 Å². The molecule has 2 rings (SSSR count). The van der Waals surface area contributed by atoms with Gasteiger partial charge in [0.1, 0.15) is 0 Å². The molecule has 0 aromatic heterocycles. The third-order valence-electron chi connectivity index (χ3n) is 3.76. The van der Waals surface area contributed by atoms with Crippen molar-refractivity contribution in [2.45, 2.75) is 62.1 Å². The van der Waals surface area contributed by atoms with E-state index < -0.39 is 0 Å². The fourth-order valence-corrected chi connectivity index (χ4v) is 4.91. The molecule has 1 aromatic carbocycles. The van der Waals surface area contributed by atoms with Crippen molar-refractivity contribution in [1.29, 1.82) is 0 Å². The first-order chi connectivity index (χ1) is 9.04. The van der Waals surface area contributed by atoms with Gasteiger partial charge in [0.2, 0.25) is 0 Å². The summed E-state index contributed by atoms with van der Waals surface area (Å²) >= 11 is 5.73. The second-order valence-electron chi connectivity index (χ2n) is 5.95. The summed E-state index contributed by atoms with van der Waals surface area (Å²) in [7, 11) is 0. The van der Waals surface area contributed by atoms with Crippen molar-refractivity contribution in [2.75, 3.05) is 0 Å². The van der Waals surface area contributed by atoms with E-state index in [9.17, 15) is 0 Å². The summed E-state index contributed by atoms with van der Waals surface area (Å²) in [6.45, 7) is 4.44. The molecular formula is C16H24BrNS. The summed E-state index contributed by atoms with van der Waals surface area (Å²) in [5.41, 5.74) is 7.19. The van der Waals surface area contributed by atoms with Gasteiger partial charge >= 0.3 is 0 Å². The predicted molar refractivity (Wildman–Crippen MR) is 88.8 cm³/mol. The van der Waals surface area contributed by atoms with Crippen LogP contribution in [-0.4, -0.2) is 11.3 Å². The van der Waals surface area contributed by atoms with E-state index in [1.54, 1.807) is 0 Å². The molecule has 1 aliphatic carbocycles. The largest absolute Gasteiger partial charge is 0.328 e. The van der Waals surface area contributed by atoms with Gasteiger partial charge in [-0.15, -0.1) is 11.8 Å². The van der Waals surface area contributed by atoms with Crippen molar-refractivity contribution >= 4 is 27.7 Å². The summed E-state index contributed by atoms with van der Waals surface area (Å²) in [5, 5.41) is 0.801. The summed E-state index contributed by atoms with van der Waals surface area (Å²) in [4.78, 5) is 1.39. The molecule has 0 spiro atoms. The molecule has 1 saturated carbocycles. The molecule has 0 amide bonds. The lowest BCUT2D eigenvalue weighted by molar-refractivity contribution is 0.394. The highest BCUT2D eigenvalue weighted by atomic mass is 79.9. The van der Waals surface area contributed by atoms with Crippen LogP contribution in [0.15, 0.2) is 27.6 Å². The third kappa shape index (κ3) is 4.80. The number of hydrogen-bond donors (Lipinski definition) is 1. The van der Waals surface area contributed by atoms with E-state index in [2.05, 4.69) is 48.0 Å². The Kier molecular flexibility index (Phi) is 5.79. The van der Waals surface area contributed by atoms with E-state index in [0.29, 0.717) is 0 Å². The van der Waals surface area contributed by atoms with Gasteiger partial charge in [0.15, 0.2) is 0 Å². The number of halogens is 1. The Hall–Kier alpha value is 0.01000. The van der Waals surface area contributed by atoms with Gasteiger partial charge in [-0.2, -0.15) is 0 Å². The molecule has 1 fully saturated rings. The number of hydrogen-bond acceptors (Lipinski definition) is 2. The lowest BCUT2D eigenvalue weighted by atomic mass is 9.91. The lowest BCUT2D eigenvalue weighted by Crippen LogP contribution is -2.18. The van der Waals surface area contributed by atoms with E-state index in [0.717, 1.165) is 17.6 Å². The Balaban J connectivity index is 1.99. The number of benzene rings is 1. The van der Waals surface area contributed by atoms with Gasteiger partial charge in [0.05, 0.1) is 0 Å². The highest BCUT2D eigenvalue weighted by Crippen LogP contribution is 2.37. The van der Waals surface area contributed by atoms with Crippen LogP contribution in [0.2, 0.25) is 0 Å². The van der Waals surface area contributed by atoms with Crippen molar-refractivity contribution in [1.82, 2.24) is 0 Å². The maximum Gasteiger partial charge on any atom is 0.0219 e. The van der Waals surface area contributed by atoms with Crippen molar-refractivity contribution in [3.63, 3.8) is 0 Å². The fraction of sp³-hybridized carbons (Fsp3) is 0.625. The van der Waals surface area contributed by atoms with Crippen LogP contribution in [0, 0.1) is 5.92 Å². The molecule has 19 heavy (non-hydrogen) atoms. The predicted octanol–water partition coefficient (Wildman–Crippen LogP) is 5.01. The topological polar surface area (TPSA) is 26.0 Å². The second-order valence-corrected chi connectivity index (χ2v) is 8.17. The summed E-state index contributed by atoms with van der Waals surface area (Å²) in [6, 6.07) is 6.96. The number of nitrogens with two attached hydrogens (primary N) is 1. The lowest BCUT2D eigenvalue weighted by Gasteiger charge is -2.26. The molecule has 1 aromatic rings. The van der Waals surface area contributed by atoms with Crippen LogP contribution in [-0.2, 0) is 6.42 Å². The van der Waals surface area contributed by atoms with E-state index in [1.165, 1.54) is 40.6 Å². The van der Waals surface area contributed by atoms with Gasteiger partial charge in [-0.05, 0) is 49.8 Å². The fourth-order valence-electron chi connectivity index (χ4n) is 2.79. The molecule has 1 nitrogen and oxygen atoms in total. The molecule has 0 bridgehead atoms. The smallest absolute Gasteiger partial charge is 0.0219 e. The summed E-state index contributed by atoms with van der Waals surface area (Å²) < 4.78 is 1.21. The van der Waals surface area contributed by atoms with Crippen LogP contribution in [0.1, 0.15) is 45.1 Å². The average Bonchev–Trinajstić information content (AvgIpc) is 2.32. The SMILES string of the molecule is CC(N)Cc1ccc(SC2CCCC(C)C2)cc1Br. The highest BCUT2D eigenvalue weighted by molar-refractivity contribution is 9.10. The molecular weight excluding hydrogens is 318 g/mol. The van der Waals surface area contributed by atoms with E-state index >= 15 is 0 Å². The average molecular weight is 342 g/mol. The standard InChI is InChI=1S/C16H24BrNS/c1-11-4-3-5-14(8-11)19-15-7-6-13(9-12(2)18)16(17)10-15/h6-7,10-12,14H,3-5,8-9,18H2,1-2H3. The van der Waals surface area contributed by atoms with Crippen LogP contribution in [0.4, 0.5) is 0 Å². The Morgan fingerprint density at radius 2 is 2.21 bits per heavy atom. The van der Waals surface area contributed by atoms with Gasteiger partial charge in [0.25, 0.3) is 0 Å². The normalized spacial score (nSPS) is 25.3. The zero-order valence-electron chi connectivity index (χ0n) is 11.9. The molecule has 0 heterocycles. The molecule has 106 valence electrons. The molecule has 1 aliphatic rings. The minimum absolute atomic E-state index is 0.217. The Labute approximate surface area is 129 Å². The zero-order valence-corrected chi connectivity index (χ0v) is 14.3. The number of rotatable bonds is 4. The van der Waals surface area contributed by atoms with E-state index in [-0.39, 0.29) is 6.04 Å². The third-order valence-corrected chi connectivity index (χ3v) is 5.78. The maximum atomic E-state index is 5.87. The van der Waals surface area contributed by atoms with Gasteiger partial charge < -0.3 is 5.73 Å². The molecule has 3 heteroatoms. The Bertz CT molecular complexity index is 419. The number of thioether (sulfide) groups is 1. The van der Waals surface area contributed by atoms with E-state index in [1.807, 2.05) is 11.8 Å². The Morgan fingerprint density at radius 3 is 2.84 bits per heavy atom. The van der Waals surface area contributed by atoms with Crippen LogP contribution >= 0.6 is 27.7 Å². The molecule has 3 unspecified atom stereocenters. The van der Waals surface area contributed by atoms with Crippen molar-refractivity contribution < 1.29 is 0 Å². The minimum atomic E-state index is 0.217. The molecule has 0 radical (unpaired) electrons. The van der Waals surface area contributed by atoms with Gasteiger partial charge in [-0.25, -0.2) is 0 Å². The highest BCUT2D eigenvalue weighted by Gasteiger charge is 2.19. The van der Waals surface area contributed by atoms with Gasteiger partial charge in [-0.3, -0.25) is 0 Å². The van der Waals surface area contributed by atoms with Gasteiger partial charge in [0, 0.05) is 20.7 Å². The first kappa shape index (κ1) is 15.4.